The highest BCUT2D eigenvalue weighted by atomic mass is 16.6. The van der Waals surface area contributed by atoms with Gasteiger partial charge in [-0.3, -0.25) is 4.79 Å². The molecule has 1 heterocycles. The SMILES string of the molecule is COc1c(C)cc(CN(C)C(=O)C2CCN(C(=O)OC(C)(C)C)C2)cc1C. The molecular weight excluding hydrogens is 344 g/mol. The fourth-order valence-corrected chi connectivity index (χ4v) is 3.57. The zero-order valence-corrected chi connectivity index (χ0v) is 17.6. The van der Waals surface area contributed by atoms with Crippen molar-refractivity contribution < 1.29 is 19.1 Å². The number of methoxy groups -OCH3 is 1. The first-order valence-corrected chi connectivity index (χ1v) is 9.39. The van der Waals surface area contributed by atoms with Crippen molar-refractivity contribution in [1.82, 2.24) is 9.80 Å². The van der Waals surface area contributed by atoms with Gasteiger partial charge in [0, 0.05) is 26.7 Å². The molecule has 1 unspecified atom stereocenters. The van der Waals surface area contributed by atoms with Gasteiger partial charge in [-0.05, 0) is 57.7 Å². The molecule has 0 aliphatic carbocycles. The maximum atomic E-state index is 12.8. The van der Waals surface area contributed by atoms with Crippen LogP contribution < -0.4 is 4.74 Å². The molecule has 0 aromatic heterocycles. The number of carbonyl (C=O) groups is 2. The number of benzene rings is 1. The monoisotopic (exact) mass is 376 g/mol. The predicted molar refractivity (Wildman–Crippen MR) is 105 cm³/mol. The minimum Gasteiger partial charge on any atom is -0.496 e. The van der Waals surface area contributed by atoms with Crippen molar-refractivity contribution in [2.45, 2.75) is 53.2 Å². The largest absolute Gasteiger partial charge is 0.496 e. The van der Waals surface area contributed by atoms with Gasteiger partial charge in [0.1, 0.15) is 11.4 Å². The van der Waals surface area contributed by atoms with Gasteiger partial charge in [-0.2, -0.15) is 0 Å². The van der Waals surface area contributed by atoms with Crippen molar-refractivity contribution in [3.8, 4) is 5.75 Å². The maximum absolute atomic E-state index is 12.8. The normalized spacial score (nSPS) is 17.0. The Hall–Kier alpha value is -2.24. The second-order valence-corrected chi connectivity index (χ2v) is 8.37. The lowest BCUT2D eigenvalue weighted by Gasteiger charge is -2.25. The van der Waals surface area contributed by atoms with Crippen LogP contribution in [0.3, 0.4) is 0 Å². The van der Waals surface area contributed by atoms with E-state index in [-0.39, 0.29) is 17.9 Å². The van der Waals surface area contributed by atoms with Gasteiger partial charge >= 0.3 is 6.09 Å². The van der Waals surface area contributed by atoms with Crippen molar-refractivity contribution in [2.24, 2.45) is 5.92 Å². The minimum atomic E-state index is -0.528. The molecule has 150 valence electrons. The van der Waals surface area contributed by atoms with E-state index in [2.05, 4.69) is 12.1 Å². The van der Waals surface area contributed by atoms with E-state index < -0.39 is 5.60 Å². The molecule has 0 spiro atoms. The van der Waals surface area contributed by atoms with Crippen LogP contribution in [0, 0.1) is 19.8 Å². The van der Waals surface area contributed by atoms with Crippen LogP contribution in [0.1, 0.15) is 43.9 Å². The van der Waals surface area contributed by atoms with E-state index in [1.165, 1.54) is 0 Å². The van der Waals surface area contributed by atoms with Crippen molar-refractivity contribution in [3.05, 3.63) is 28.8 Å². The highest BCUT2D eigenvalue weighted by molar-refractivity contribution is 5.80. The number of likely N-dealkylation sites (tertiary alicyclic amines) is 1. The number of amides is 2. The Bertz CT molecular complexity index is 686. The third-order valence-corrected chi connectivity index (χ3v) is 4.71. The van der Waals surface area contributed by atoms with Crippen LogP contribution in [-0.4, -0.2) is 54.6 Å². The molecular formula is C21H32N2O4. The Balaban J connectivity index is 1.97. The first-order valence-electron chi connectivity index (χ1n) is 9.39. The third kappa shape index (κ3) is 5.37. The van der Waals surface area contributed by atoms with Crippen molar-refractivity contribution in [2.75, 3.05) is 27.2 Å². The average molecular weight is 376 g/mol. The number of carbonyl (C=O) groups excluding carboxylic acids is 2. The molecule has 0 N–H and O–H groups in total. The Morgan fingerprint density at radius 2 is 1.81 bits per heavy atom. The zero-order valence-electron chi connectivity index (χ0n) is 17.6. The summed E-state index contributed by atoms with van der Waals surface area (Å²) in [4.78, 5) is 28.4. The van der Waals surface area contributed by atoms with E-state index in [9.17, 15) is 9.59 Å². The number of nitrogens with zero attached hydrogens (tertiary/aromatic N) is 2. The van der Waals surface area contributed by atoms with Gasteiger partial charge in [-0.15, -0.1) is 0 Å². The van der Waals surface area contributed by atoms with Gasteiger partial charge < -0.3 is 19.3 Å². The van der Waals surface area contributed by atoms with Crippen LogP contribution in [0.4, 0.5) is 4.79 Å². The molecule has 1 aromatic carbocycles. The molecule has 1 saturated heterocycles. The Morgan fingerprint density at radius 1 is 1.22 bits per heavy atom. The Morgan fingerprint density at radius 3 is 2.33 bits per heavy atom. The topological polar surface area (TPSA) is 59.1 Å². The van der Waals surface area contributed by atoms with E-state index in [0.717, 1.165) is 22.4 Å². The standard InChI is InChI=1S/C21H32N2O4/c1-14-10-16(11-15(2)18(14)26-7)12-22(6)19(24)17-8-9-23(13-17)20(25)27-21(3,4)5/h10-11,17H,8-9,12-13H2,1-7H3. The average Bonchev–Trinajstić information content (AvgIpc) is 3.02. The first-order chi connectivity index (χ1) is 12.5. The number of hydrogen-bond donors (Lipinski definition) is 0. The zero-order chi connectivity index (χ0) is 20.4. The summed E-state index contributed by atoms with van der Waals surface area (Å²) in [6.45, 7) is 11.1. The summed E-state index contributed by atoms with van der Waals surface area (Å²) in [6, 6.07) is 4.11. The summed E-state index contributed by atoms with van der Waals surface area (Å²) in [5, 5.41) is 0. The smallest absolute Gasteiger partial charge is 0.410 e. The second-order valence-electron chi connectivity index (χ2n) is 8.37. The van der Waals surface area contributed by atoms with E-state index in [1.54, 1.807) is 16.9 Å². The van der Waals surface area contributed by atoms with E-state index in [1.807, 2.05) is 41.7 Å². The van der Waals surface area contributed by atoms with E-state index in [4.69, 9.17) is 9.47 Å². The molecule has 6 heteroatoms. The minimum absolute atomic E-state index is 0.0622. The van der Waals surface area contributed by atoms with Gasteiger partial charge in [0.15, 0.2) is 0 Å². The van der Waals surface area contributed by atoms with Crippen LogP contribution in [0.15, 0.2) is 12.1 Å². The second kappa shape index (κ2) is 8.19. The molecule has 2 amide bonds. The summed E-state index contributed by atoms with van der Waals surface area (Å²) in [5.41, 5.74) is 2.67. The lowest BCUT2D eigenvalue weighted by Crippen LogP contribution is -2.38. The fraction of sp³-hybridized carbons (Fsp3) is 0.619. The van der Waals surface area contributed by atoms with Gasteiger partial charge in [0.05, 0.1) is 13.0 Å². The summed E-state index contributed by atoms with van der Waals surface area (Å²) in [5.74, 6) is 0.770. The van der Waals surface area contributed by atoms with Crippen molar-refractivity contribution >= 4 is 12.0 Å². The van der Waals surface area contributed by atoms with Crippen LogP contribution in [0.2, 0.25) is 0 Å². The first kappa shape index (κ1) is 21.1. The lowest BCUT2D eigenvalue weighted by molar-refractivity contribution is -0.134. The molecule has 1 aliphatic heterocycles. The molecule has 1 atom stereocenters. The molecule has 0 bridgehead atoms. The Kier molecular flexibility index (Phi) is 6.39. The predicted octanol–water partition coefficient (Wildman–Crippen LogP) is 3.53. The lowest BCUT2D eigenvalue weighted by atomic mass is 10.0. The molecule has 1 aromatic rings. The van der Waals surface area contributed by atoms with Crippen molar-refractivity contribution in [3.63, 3.8) is 0 Å². The fourth-order valence-electron chi connectivity index (χ4n) is 3.57. The molecule has 6 nitrogen and oxygen atoms in total. The van der Waals surface area contributed by atoms with Gasteiger partial charge in [0.25, 0.3) is 0 Å². The third-order valence-electron chi connectivity index (χ3n) is 4.71. The summed E-state index contributed by atoms with van der Waals surface area (Å²) < 4.78 is 10.8. The molecule has 0 saturated carbocycles. The van der Waals surface area contributed by atoms with Gasteiger partial charge in [0.2, 0.25) is 5.91 Å². The number of hydrogen-bond acceptors (Lipinski definition) is 4. The van der Waals surface area contributed by atoms with Crippen LogP contribution in [0.5, 0.6) is 5.75 Å². The van der Waals surface area contributed by atoms with Gasteiger partial charge in [-0.1, -0.05) is 12.1 Å². The molecule has 2 rings (SSSR count). The van der Waals surface area contributed by atoms with E-state index in [0.29, 0.717) is 26.1 Å². The molecule has 0 radical (unpaired) electrons. The molecule has 1 aliphatic rings. The summed E-state index contributed by atoms with van der Waals surface area (Å²) >= 11 is 0. The van der Waals surface area contributed by atoms with Crippen molar-refractivity contribution in [1.29, 1.82) is 0 Å². The van der Waals surface area contributed by atoms with Crippen LogP contribution >= 0.6 is 0 Å². The number of aryl methyl sites for hydroxylation is 2. The van der Waals surface area contributed by atoms with Gasteiger partial charge in [-0.25, -0.2) is 4.79 Å². The molecule has 27 heavy (non-hydrogen) atoms. The summed E-state index contributed by atoms with van der Waals surface area (Å²) in [7, 11) is 3.48. The molecule has 1 fully saturated rings. The number of ether oxygens (including phenoxy) is 2. The quantitative estimate of drug-likeness (QED) is 0.807. The highest BCUT2D eigenvalue weighted by Gasteiger charge is 2.34. The van der Waals surface area contributed by atoms with Crippen LogP contribution in [0.25, 0.3) is 0 Å². The Labute approximate surface area is 162 Å². The highest BCUT2D eigenvalue weighted by Crippen LogP contribution is 2.26. The number of rotatable bonds is 4. The van der Waals surface area contributed by atoms with E-state index >= 15 is 0 Å². The maximum Gasteiger partial charge on any atom is 0.410 e. The van der Waals surface area contributed by atoms with Crippen LogP contribution in [-0.2, 0) is 16.1 Å². The summed E-state index contributed by atoms with van der Waals surface area (Å²) in [6.07, 6.45) is 0.324.